The molecule has 0 fully saturated rings. The van der Waals surface area contributed by atoms with E-state index in [1.807, 2.05) is 60.7 Å². The van der Waals surface area contributed by atoms with Crippen molar-refractivity contribution in [2.75, 3.05) is 0 Å². The Morgan fingerprint density at radius 3 is 1.62 bits per heavy atom. The molecular weight excluding hydrogens is 319 g/mol. The largest absolute Gasteiger partial charge is 0.805 e. The predicted molar refractivity (Wildman–Crippen MR) is 100 cm³/mol. The zero-order chi connectivity index (χ0) is 17.2. The van der Waals surface area contributed by atoms with Gasteiger partial charge in [-0.1, -0.05) is 74.5 Å². The van der Waals surface area contributed by atoms with Crippen LogP contribution in [-0.2, 0) is 4.57 Å². The topological polar surface area (TPSA) is 35.5 Å². The molecule has 124 valence electrons. The molecule has 0 heterocycles. The van der Waals surface area contributed by atoms with Crippen LogP contribution >= 0.6 is 8.25 Å². The average molecular weight is 341 g/mol. The predicted octanol–water partition coefficient (Wildman–Crippen LogP) is 6.65. The van der Waals surface area contributed by atoms with Gasteiger partial charge in [-0.25, -0.2) is 9.05 Å². The maximum absolute atomic E-state index is 12.3. The molecule has 2 aromatic rings. The molecule has 0 bridgehead atoms. The zero-order valence-electron chi connectivity index (χ0n) is 14.0. The first-order valence-corrected chi connectivity index (χ1v) is 9.18. The highest BCUT2D eigenvalue weighted by Crippen LogP contribution is 2.34. The van der Waals surface area contributed by atoms with Crippen LogP contribution in [0.2, 0.25) is 0 Å². The third-order valence-corrected chi connectivity index (χ3v) is 3.94. The number of hydrogen-bond acceptors (Lipinski definition) is 3. The molecule has 3 nitrogen and oxygen atoms in total. The first-order valence-electron chi connectivity index (χ1n) is 8.09. The quantitative estimate of drug-likeness (QED) is 0.504. The molecule has 2 aromatic carbocycles. The lowest BCUT2D eigenvalue weighted by Crippen LogP contribution is -1.92. The second-order valence-electron chi connectivity index (χ2n) is 5.10. The highest BCUT2D eigenvalue weighted by atomic mass is 31.1. The van der Waals surface area contributed by atoms with E-state index in [0.717, 1.165) is 24.0 Å². The summed E-state index contributed by atoms with van der Waals surface area (Å²) in [6, 6.07) is 14.9. The molecule has 0 spiro atoms. The molecular formula is C20H22O3P+. The fourth-order valence-electron chi connectivity index (χ4n) is 2.07. The normalized spacial score (nSPS) is 11.1. The van der Waals surface area contributed by atoms with Crippen LogP contribution < -0.4 is 9.05 Å². The second-order valence-corrected chi connectivity index (χ2v) is 5.92. The fourth-order valence-corrected chi connectivity index (χ4v) is 2.76. The van der Waals surface area contributed by atoms with Crippen molar-refractivity contribution in [3.05, 3.63) is 71.8 Å². The van der Waals surface area contributed by atoms with Crippen molar-refractivity contribution in [3.63, 3.8) is 0 Å². The Labute approximate surface area is 144 Å². The molecule has 0 unspecified atom stereocenters. The van der Waals surface area contributed by atoms with Crippen molar-refractivity contribution in [1.82, 2.24) is 0 Å². The van der Waals surface area contributed by atoms with Crippen LogP contribution in [0.5, 0.6) is 11.5 Å². The summed E-state index contributed by atoms with van der Waals surface area (Å²) in [7, 11) is -2.31. The summed E-state index contributed by atoms with van der Waals surface area (Å²) in [6.45, 7) is 4.12. The minimum Gasteiger partial charge on any atom is -0.222 e. The van der Waals surface area contributed by atoms with Gasteiger partial charge in [0.25, 0.3) is 0 Å². The molecule has 0 radical (unpaired) electrons. The van der Waals surface area contributed by atoms with Gasteiger partial charge in [-0.3, -0.25) is 0 Å². The highest BCUT2D eigenvalue weighted by molar-refractivity contribution is 7.34. The van der Waals surface area contributed by atoms with Gasteiger partial charge in [-0.15, -0.1) is 0 Å². The Balaban J connectivity index is 2.12. The molecule has 0 aliphatic carbocycles. The fraction of sp³-hybridized carbons (Fsp3) is 0.200. The summed E-state index contributed by atoms with van der Waals surface area (Å²) < 4.78 is 23.3. The van der Waals surface area contributed by atoms with Gasteiger partial charge < -0.3 is 0 Å². The van der Waals surface area contributed by atoms with E-state index in [1.54, 1.807) is 12.1 Å². The van der Waals surface area contributed by atoms with Gasteiger partial charge in [0.2, 0.25) is 0 Å². The molecule has 24 heavy (non-hydrogen) atoms. The summed E-state index contributed by atoms with van der Waals surface area (Å²) >= 11 is 0. The summed E-state index contributed by atoms with van der Waals surface area (Å²) in [5, 5.41) is 0. The first kappa shape index (κ1) is 18.0. The zero-order valence-corrected chi connectivity index (χ0v) is 14.9. The molecule has 0 aliphatic heterocycles. The van der Waals surface area contributed by atoms with Gasteiger partial charge in [-0.2, -0.15) is 0 Å². The summed E-state index contributed by atoms with van der Waals surface area (Å²) in [6.07, 6.45) is 9.82. The van der Waals surface area contributed by atoms with Gasteiger partial charge >= 0.3 is 8.25 Å². The van der Waals surface area contributed by atoms with Gasteiger partial charge in [0.1, 0.15) is 0 Å². The third-order valence-electron chi connectivity index (χ3n) is 3.25. The van der Waals surface area contributed by atoms with Crippen molar-refractivity contribution >= 4 is 20.4 Å². The molecule has 2 rings (SSSR count). The van der Waals surface area contributed by atoms with Gasteiger partial charge in [0.15, 0.2) is 11.5 Å². The van der Waals surface area contributed by atoms with E-state index in [-0.39, 0.29) is 0 Å². The molecule has 0 aliphatic rings. The Morgan fingerprint density at radius 2 is 1.21 bits per heavy atom. The van der Waals surface area contributed by atoms with E-state index >= 15 is 0 Å². The van der Waals surface area contributed by atoms with E-state index < -0.39 is 8.25 Å². The Hall–Kier alpha value is -2.38. The minimum atomic E-state index is -2.31. The van der Waals surface area contributed by atoms with Crippen LogP contribution in [0.15, 0.2) is 60.7 Å². The lowest BCUT2D eigenvalue weighted by Gasteiger charge is -2.01. The minimum absolute atomic E-state index is 0.546. The van der Waals surface area contributed by atoms with Crippen LogP contribution in [0.4, 0.5) is 0 Å². The Morgan fingerprint density at radius 1 is 0.792 bits per heavy atom. The molecule has 0 aromatic heterocycles. The van der Waals surface area contributed by atoms with Crippen molar-refractivity contribution < 1.29 is 13.6 Å². The molecule has 0 saturated carbocycles. The average Bonchev–Trinajstić information content (AvgIpc) is 2.60. The van der Waals surface area contributed by atoms with Crippen molar-refractivity contribution in [2.24, 2.45) is 0 Å². The Bertz CT molecular complexity index is 674. The van der Waals surface area contributed by atoms with E-state index in [1.165, 1.54) is 0 Å². The standard InChI is InChI=1S/C20H22O3P/c1-3-5-11-17-13-7-9-15-19(17)22-24(21)23-20-16-10-8-14-18(20)12-6-4-2/h5-16H,3-4H2,1-2H3/q+1/b11-5+,12-6+. The maximum Gasteiger partial charge on any atom is 0.805 e. The molecule has 4 heteroatoms. The van der Waals surface area contributed by atoms with E-state index in [2.05, 4.69) is 13.8 Å². The van der Waals surface area contributed by atoms with Gasteiger partial charge in [0, 0.05) is 15.7 Å². The van der Waals surface area contributed by atoms with Crippen LogP contribution in [0, 0.1) is 0 Å². The molecule has 0 amide bonds. The van der Waals surface area contributed by atoms with Crippen molar-refractivity contribution in [3.8, 4) is 11.5 Å². The van der Waals surface area contributed by atoms with E-state index in [9.17, 15) is 4.57 Å². The molecule has 0 saturated heterocycles. The molecule has 0 N–H and O–H groups in total. The van der Waals surface area contributed by atoms with Crippen molar-refractivity contribution in [1.29, 1.82) is 0 Å². The number of benzene rings is 2. The van der Waals surface area contributed by atoms with Gasteiger partial charge in [0.05, 0.1) is 0 Å². The van der Waals surface area contributed by atoms with E-state index in [0.29, 0.717) is 11.5 Å². The number of rotatable bonds is 8. The van der Waals surface area contributed by atoms with Crippen LogP contribution in [0.1, 0.15) is 37.8 Å². The number of para-hydroxylation sites is 2. The SMILES string of the molecule is CC/C=C/c1ccccc1O[P+](=O)Oc1ccccc1/C=C/CC. The number of allylic oxidation sites excluding steroid dienone is 2. The highest BCUT2D eigenvalue weighted by Gasteiger charge is 2.26. The Kier molecular flexibility index (Phi) is 7.25. The first-order chi connectivity index (χ1) is 11.7. The summed E-state index contributed by atoms with van der Waals surface area (Å²) in [4.78, 5) is 0. The van der Waals surface area contributed by atoms with E-state index in [4.69, 9.17) is 9.05 Å². The monoisotopic (exact) mass is 341 g/mol. The third kappa shape index (κ3) is 5.36. The maximum atomic E-state index is 12.3. The smallest absolute Gasteiger partial charge is 0.222 e. The lowest BCUT2D eigenvalue weighted by atomic mass is 10.2. The molecule has 0 atom stereocenters. The van der Waals surface area contributed by atoms with Crippen LogP contribution in [-0.4, -0.2) is 0 Å². The second kappa shape index (κ2) is 9.69. The summed E-state index contributed by atoms with van der Waals surface area (Å²) in [5.74, 6) is 1.09. The van der Waals surface area contributed by atoms with Crippen LogP contribution in [0.25, 0.3) is 12.2 Å². The summed E-state index contributed by atoms with van der Waals surface area (Å²) in [5.41, 5.74) is 1.76. The number of hydrogen-bond donors (Lipinski definition) is 0. The van der Waals surface area contributed by atoms with Crippen molar-refractivity contribution in [2.45, 2.75) is 26.7 Å². The van der Waals surface area contributed by atoms with Gasteiger partial charge in [-0.05, 0) is 25.0 Å². The lowest BCUT2D eigenvalue weighted by molar-refractivity contribution is 0.415. The van der Waals surface area contributed by atoms with Crippen LogP contribution in [0.3, 0.4) is 0 Å².